The Morgan fingerprint density at radius 1 is 1.20 bits per heavy atom. The fourth-order valence-corrected chi connectivity index (χ4v) is 2.90. The average Bonchev–Trinajstić information content (AvgIpc) is 2.38. The molecule has 3 N–H and O–H groups in total. The Morgan fingerprint density at radius 3 is 2.65 bits per heavy atom. The summed E-state index contributed by atoms with van der Waals surface area (Å²) in [6, 6.07) is 12.4. The number of pyridine rings is 1. The first kappa shape index (κ1) is 13.6. The van der Waals surface area contributed by atoms with Gasteiger partial charge in [0.25, 0.3) is 0 Å². The summed E-state index contributed by atoms with van der Waals surface area (Å²) in [5.74, 6) is 6.46. The summed E-state index contributed by atoms with van der Waals surface area (Å²) in [5, 5.41) is 0.484. The number of hydrogen-bond donors (Lipinski definition) is 2. The van der Waals surface area contributed by atoms with Gasteiger partial charge in [-0.25, -0.2) is 10.4 Å². The maximum atomic E-state index is 5.97. The molecule has 1 unspecified atom stereocenters. The van der Waals surface area contributed by atoms with Gasteiger partial charge in [-0.15, -0.1) is 0 Å². The number of nitrogens with two attached hydrogens (primary N) is 1. The zero-order valence-corrected chi connectivity index (χ0v) is 12.0. The smallest absolute Gasteiger partial charge is 0.129 e. The van der Waals surface area contributed by atoms with Crippen molar-refractivity contribution in [2.24, 2.45) is 5.84 Å². The number of rotatable bonds is 4. The minimum absolute atomic E-state index is 0.0597. The summed E-state index contributed by atoms with van der Waals surface area (Å²) in [7, 11) is 0. The van der Waals surface area contributed by atoms with Crippen LogP contribution in [0.5, 0.6) is 0 Å². The number of aromatic nitrogens is 1. The zero-order chi connectivity index (χ0) is 13.9. The quantitative estimate of drug-likeness (QED) is 0.514. The van der Waals surface area contributed by atoms with Gasteiger partial charge >= 0.3 is 0 Å². The summed E-state index contributed by atoms with van der Waals surface area (Å²) in [5.41, 5.74) is 6.48. The van der Waals surface area contributed by atoms with Crippen LogP contribution in [0.2, 0.25) is 5.15 Å². The fraction of sp³-hybridized carbons (Fsp3) is 0.312. The molecule has 1 aliphatic carbocycles. The lowest BCUT2D eigenvalue weighted by molar-refractivity contribution is 0.419. The molecule has 1 saturated carbocycles. The molecule has 0 spiro atoms. The molecular weight excluding hydrogens is 270 g/mol. The van der Waals surface area contributed by atoms with E-state index in [2.05, 4.69) is 34.7 Å². The molecule has 20 heavy (non-hydrogen) atoms. The van der Waals surface area contributed by atoms with Gasteiger partial charge in [0.1, 0.15) is 5.15 Å². The molecule has 3 rings (SSSR count). The van der Waals surface area contributed by atoms with Crippen LogP contribution >= 0.6 is 11.6 Å². The van der Waals surface area contributed by atoms with E-state index in [1.807, 2.05) is 12.1 Å². The van der Waals surface area contributed by atoms with Crippen LogP contribution in [0.25, 0.3) is 0 Å². The lowest BCUT2D eigenvalue weighted by atomic mass is 9.79. The summed E-state index contributed by atoms with van der Waals surface area (Å²) >= 11 is 5.97. The van der Waals surface area contributed by atoms with Gasteiger partial charge in [0.2, 0.25) is 0 Å². The summed E-state index contributed by atoms with van der Waals surface area (Å²) in [4.78, 5) is 4.02. The maximum Gasteiger partial charge on any atom is 0.129 e. The number of hydrogen-bond acceptors (Lipinski definition) is 3. The normalized spacial score (nSPS) is 16.7. The first-order chi connectivity index (χ1) is 9.78. The standard InChI is InChI=1S/C16H18ClN3/c17-15-10-14(7-8-19-15)16(20-18)13-6-2-5-12(9-13)11-3-1-4-11/h2,5-11,16,20H,1,3-4,18H2. The van der Waals surface area contributed by atoms with Gasteiger partial charge in [0, 0.05) is 6.20 Å². The second-order valence-corrected chi connectivity index (χ2v) is 5.70. The van der Waals surface area contributed by atoms with E-state index in [9.17, 15) is 0 Å². The molecule has 1 heterocycles. The molecule has 2 aromatic rings. The molecule has 0 aliphatic heterocycles. The lowest BCUT2D eigenvalue weighted by Gasteiger charge is -2.27. The average molecular weight is 288 g/mol. The Labute approximate surface area is 124 Å². The summed E-state index contributed by atoms with van der Waals surface area (Å²) < 4.78 is 0. The maximum absolute atomic E-state index is 5.97. The van der Waals surface area contributed by atoms with Crippen molar-refractivity contribution in [1.29, 1.82) is 0 Å². The third-order valence-electron chi connectivity index (χ3n) is 4.07. The van der Waals surface area contributed by atoms with Crippen molar-refractivity contribution >= 4 is 11.6 Å². The van der Waals surface area contributed by atoms with E-state index in [0.717, 1.165) is 11.5 Å². The molecule has 1 aliphatic rings. The molecule has 4 heteroatoms. The number of halogens is 1. The van der Waals surface area contributed by atoms with Gasteiger partial charge in [0.05, 0.1) is 6.04 Å². The van der Waals surface area contributed by atoms with Crippen molar-refractivity contribution in [2.45, 2.75) is 31.2 Å². The monoisotopic (exact) mass is 287 g/mol. The van der Waals surface area contributed by atoms with Gasteiger partial charge in [-0.3, -0.25) is 5.84 Å². The first-order valence-corrected chi connectivity index (χ1v) is 7.33. The molecule has 0 bridgehead atoms. The highest BCUT2D eigenvalue weighted by Gasteiger charge is 2.21. The second-order valence-electron chi connectivity index (χ2n) is 5.31. The van der Waals surface area contributed by atoms with E-state index < -0.39 is 0 Å². The van der Waals surface area contributed by atoms with Crippen molar-refractivity contribution in [3.8, 4) is 0 Å². The van der Waals surface area contributed by atoms with Gasteiger partial charge in [0.15, 0.2) is 0 Å². The van der Waals surface area contributed by atoms with Crippen molar-refractivity contribution in [3.05, 3.63) is 64.4 Å². The lowest BCUT2D eigenvalue weighted by Crippen LogP contribution is -2.29. The van der Waals surface area contributed by atoms with E-state index in [1.165, 1.54) is 30.4 Å². The SMILES string of the molecule is NNC(c1cccc(C2CCC2)c1)c1ccnc(Cl)c1. The van der Waals surface area contributed by atoms with Crippen molar-refractivity contribution in [3.63, 3.8) is 0 Å². The molecule has 1 atom stereocenters. The third kappa shape index (κ3) is 2.70. The largest absolute Gasteiger partial charge is 0.271 e. The van der Waals surface area contributed by atoms with Crippen LogP contribution < -0.4 is 11.3 Å². The summed E-state index contributed by atoms with van der Waals surface area (Å²) in [6.07, 6.45) is 5.64. The third-order valence-corrected chi connectivity index (χ3v) is 4.28. The molecule has 104 valence electrons. The Kier molecular flexibility index (Phi) is 4.01. The Balaban J connectivity index is 1.92. The highest BCUT2D eigenvalue weighted by Crippen LogP contribution is 2.37. The minimum atomic E-state index is -0.0597. The van der Waals surface area contributed by atoms with E-state index in [-0.39, 0.29) is 6.04 Å². The highest BCUT2D eigenvalue weighted by molar-refractivity contribution is 6.29. The molecule has 0 amide bonds. The van der Waals surface area contributed by atoms with Crippen molar-refractivity contribution in [1.82, 2.24) is 10.4 Å². The Bertz CT molecular complexity index is 596. The van der Waals surface area contributed by atoms with Gasteiger partial charge < -0.3 is 0 Å². The van der Waals surface area contributed by atoms with Gasteiger partial charge in [-0.1, -0.05) is 42.3 Å². The van der Waals surface area contributed by atoms with E-state index in [4.69, 9.17) is 17.4 Å². The van der Waals surface area contributed by atoms with Crippen LogP contribution in [0.1, 0.15) is 47.9 Å². The Hall–Kier alpha value is -1.42. The van der Waals surface area contributed by atoms with Crippen LogP contribution in [0.4, 0.5) is 0 Å². The molecule has 3 nitrogen and oxygen atoms in total. The number of benzene rings is 1. The van der Waals surface area contributed by atoms with Crippen molar-refractivity contribution in [2.75, 3.05) is 0 Å². The van der Waals surface area contributed by atoms with Crippen LogP contribution in [-0.2, 0) is 0 Å². The summed E-state index contributed by atoms with van der Waals surface area (Å²) in [6.45, 7) is 0. The highest BCUT2D eigenvalue weighted by atomic mass is 35.5. The molecule has 1 aromatic heterocycles. The predicted octanol–water partition coefficient (Wildman–Crippen LogP) is 3.56. The molecular formula is C16H18ClN3. The molecule has 0 radical (unpaired) electrons. The van der Waals surface area contributed by atoms with Crippen LogP contribution in [0.15, 0.2) is 42.6 Å². The molecule has 1 aromatic carbocycles. The van der Waals surface area contributed by atoms with Crippen LogP contribution in [0.3, 0.4) is 0 Å². The number of nitrogens with zero attached hydrogens (tertiary/aromatic N) is 1. The van der Waals surface area contributed by atoms with E-state index >= 15 is 0 Å². The van der Waals surface area contributed by atoms with Crippen molar-refractivity contribution < 1.29 is 0 Å². The minimum Gasteiger partial charge on any atom is -0.271 e. The van der Waals surface area contributed by atoms with Gasteiger partial charge in [-0.05, 0) is 47.6 Å². The van der Waals surface area contributed by atoms with E-state index in [0.29, 0.717) is 5.15 Å². The molecule has 1 fully saturated rings. The number of nitrogens with one attached hydrogen (secondary N) is 1. The second kappa shape index (κ2) is 5.92. The molecule has 0 saturated heterocycles. The predicted molar refractivity (Wildman–Crippen MR) is 81.4 cm³/mol. The van der Waals surface area contributed by atoms with E-state index in [1.54, 1.807) is 6.20 Å². The first-order valence-electron chi connectivity index (χ1n) is 6.95. The topological polar surface area (TPSA) is 50.9 Å². The Morgan fingerprint density at radius 2 is 2.00 bits per heavy atom. The zero-order valence-electron chi connectivity index (χ0n) is 11.2. The fourth-order valence-electron chi connectivity index (χ4n) is 2.72. The number of hydrazine groups is 1. The van der Waals surface area contributed by atoms with Crippen LogP contribution in [-0.4, -0.2) is 4.98 Å². The van der Waals surface area contributed by atoms with Crippen LogP contribution in [0, 0.1) is 0 Å². The van der Waals surface area contributed by atoms with Gasteiger partial charge in [-0.2, -0.15) is 0 Å².